The summed E-state index contributed by atoms with van der Waals surface area (Å²) in [6.07, 6.45) is 0. The first-order valence-corrected chi connectivity index (χ1v) is 7.90. The Hall–Kier alpha value is -1.19. The zero-order valence-electron chi connectivity index (χ0n) is 12.5. The molecule has 2 nitrogen and oxygen atoms in total. The van der Waals surface area contributed by atoms with Crippen LogP contribution in [-0.4, -0.2) is 14.2 Å². The van der Waals surface area contributed by atoms with Crippen molar-refractivity contribution >= 4 is 27.5 Å². The summed E-state index contributed by atoms with van der Waals surface area (Å²) in [5.41, 5.74) is 4.59. The Morgan fingerprint density at radius 1 is 0.952 bits per heavy atom. The highest BCUT2D eigenvalue weighted by atomic mass is 79.9. The molecule has 1 atom stereocenters. The molecule has 21 heavy (non-hydrogen) atoms. The summed E-state index contributed by atoms with van der Waals surface area (Å²) in [5, 5.41) is 0.649. The van der Waals surface area contributed by atoms with Gasteiger partial charge in [-0.2, -0.15) is 0 Å². The zero-order valence-corrected chi connectivity index (χ0v) is 14.9. The summed E-state index contributed by atoms with van der Waals surface area (Å²) in [6.45, 7) is 4.18. The van der Waals surface area contributed by atoms with Crippen molar-refractivity contribution in [2.45, 2.75) is 18.7 Å². The van der Waals surface area contributed by atoms with Crippen LogP contribution in [0.25, 0.3) is 0 Å². The van der Waals surface area contributed by atoms with E-state index in [4.69, 9.17) is 21.1 Å². The molecule has 4 heteroatoms. The van der Waals surface area contributed by atoms with Crippen LogP contribution in [0.1, 0.15) is 27.1 Å². The van der Waals surface area contributed by atoms with Crippen molar-refractivity contribution in [1.82, 2.24) is 0 Å². The summed E-state index contributed by atoms with van der Waals surface area (Å²) in [7, 11) is 3.22. The molecule has 0 heterocycles. The number of hydrogen-bond acceptors (Lipinski definition) is 2. The first-order chi connectivity index (χ1) is 9.97. The fourth-order valence-electron chi connectivity index (χ4n) is 2.26. The Bertz CT molecular complexity index is 655. The van der Waals surface area contributed by atoms with Gasteiger partial charge < -0.3 is 9.47 Å². The monoisotopic (exact) mass is 368 g/mol. The minimum atomic E-state index is 0.00436. The lowest BCUT2D eigenvalue weighted by atomic mass is 9.98. The van der Waals surface area contributed by atoms with Crippen LogP contribution in [0.5, 0.6) is 11.5 Å². The van der Waals surface area contributed by atoms with Gasteiger partial charge >= 0.3 is 0 Å². The molecule has 1 unspecified atom stereocenters. The first-order valence-electron chi connectivity index (χ1n) is 6.60. The molecule has 0 aliphatic rings. The molecule has 0 N–H and O–H groups in total. The van der Waals surface area contributed by atoms with E-state index in [-0.39, 0.29) is 4.83 Å². The van der Waals surface area contributed by atoms with E-state index in [2.05, 4.69) is 48.0 Å². The summed E-state index contributed by atoms with van der Waals surface area (Å²) in [6, 6.07) is 10.1. The quantitative estimate of drug-likeness (QED) is 0.666. The second kappa shape index (κ2) is 6.71. The third kappa shape index (κ3) is 3.35. The second-order valence-corrected chi connectivity index (χ2v) is 6.27. The summed E-state index contributed by atoms with van der Waals surface area (Å²) < 4.78 is 10.6. The number of rotatable bonds is 4. The summed E-state index contributed by atoms with van der Waals surface area (Å²) in [4.78, 5) is 0.00436. The van der Waals surface area contributed by atoms with Gasteiger partial charge in [0.15, 0.2) is 11.5 Å². The predicted octanol–water partition coefficient (Wildman–Crippen LogP) is 5.46. The van der Waals surface area contributed by atoms with Crippen molar-refractivity contribution in [2.75, 3.05) is 14.2 Å². The van der Waals surface area contributed by atoms with Crippen LogP contribution in [0, 0.1) is 13.8 Å². The van der Waals surface area contributed by atoms with Gasteiger partial charge in [-0.1, -0.05) is 51.3 Å². The topological polar surface area (TPSA) is 18.5 Å². The summed E-state index contributed by atoms with van der Waals surface area (Å²) >= 11 is 10.2. The Kier molecular flexibility index (Phi) is 5.17. The van der Waals surface area contributed by atoms with Gasteiger partial charge in [0, 0.05) is 11.1 Å². The molecule has 0 aromatic heterocycles. The first kappa shape index (κ1) is 16.2. The molecule has 0 saturated heterocycles. The van der Waals surface area contributed by atoms with Gasteiger partial charge in [-0.05, 0) is 36.6 Å². The van der Waals surface area contributed by atoms with Crippen LogP contribution >= 0.6 is 27.5 Å². The fourth-order valence-corrected chi connectivity index (χ4v) is 3.53. The van der Waals surface area contributed by atoms with E-state index < -0.39 is 0 Å². The normalized spacial score (nSPS) is 12.1. The maximum Gasteiger partial charge on any atom is 0.162 e. The molecule has 0 spiro atoms. The van der Waals surface area contributed by atoms with E-state index in [0.717, 1.165) is 5.56 Å². The van der Waals surface area contributed by atoms with E-state index in [9.17, 15) is 0 Å². The van der Waals surface area contributed by atoms with Crippen molar-refractivity contribution in [3.05, 3.63) is 57.6 Å². The van der Waals surface area contributed by atoms with Crippen LogP contribution in [0.2, 0.25) is 5.02 Å². The van der Waals surface area contributed by atoms with Gasteiger partial charge in [0.25, 0.3) is 0 Å². The number of benzene rings is 2. The van der Waals surface area contributed by atoms with E-state index in [1.54, 1.807) is 20.3 Å². The standard InChI is InChI=1S/C17H18BrClO2/c1-10-5-6-11(2)12(7-10)17(18)13-8-15(20-3)16(21-4)9-14(13)19/h5-9,17H,1-4H3. The van der Waals surface area contributed by atoms with Gasteiger partial charge in [0.1, 0.15) is 0 Å². The molecule has 2 rings (SSSR count). The number of halogens is 2. The van der Waals surface area contributed by atoms with Gasteiger partial charge in [-0.15, -0.1) is 0 Å². The largest absolute Gasteiger partial charge is 0.493 e. The number of alkyl halides is 1. The predicted molar refractivity (Wildman–Crippen MR) is 91.2 cm³/mol. The lowest BCUT2D eigenvalue weighted by Crippen LogP contribution is -2.00. The fraction of sp³-hybridized carbons (Fsp3) is 0.294. The van der Waals surface area contributed by atoms with Gasteiger partial charge in [-0.3, -0.25) is 0 Å². The van der Waals surface area contributed by atoms with Crippen molar-refractivity contribution < 1.29 is 9.47 Å². The van der Waals surface area contributed by atoms with Crippen LogP contribution < -0.4 is 9.47 Å². The van der Waals surface area contributed by atoms with Crippen molar-refractivity contribution in [3.8, 4) is 11.5 Å². The molecule has 2 aromatic carbocycles. The lowest BCUT2D eigenvalue weighted by molar-refractivity contribution is 0.354. The average molecular weight is 370 g/mol. The van der Waals surface area contributed by atoms with Gasteiger partial charge in [0.2, 0.25) is 0 Å². The molecule has 0 amide bonds. The Morgan fingerprint density at radius 2 is 1.57 bits per heavy atom. The smallest absolute Gasteiger partial charge is 0.162 e. The molecule has 0 bridgehead atoms. The SMILES string of the molecule is COc1cc(Cl)c(C(Br)c2cc(C)ccc2C)cc1OC. The van der Waals surface area contributed by atoms with Crippen LogP contribution in [-0.2, 0) is 0 Å². The lowest BCUT2D eigenvalue weighted by Gasteiger charge is -2.18. The van der Waals surface area contributed by atoms with Crippen molar-refractivity contribution in [1.29, 1.82) is 0 Å². The van der Waals surface area contributed by atoms with Crippen LogP contribution in [0.15, 0.2) is 30.3 Å². The highest BCUT2D eigenvalue weighted by Gasteiger charge is 2.19. The molecule has 0 aliphatic carbocycles. The van der Waals surface area contributed by atoms with Gasteiger partial charge in [-0.25, -0.2) is 0 Å². The molecule has 2 aromatic rings. The molecule has 112 valence electrons. The second-order valence-electron chi connectivity index (χ2n) is 4.95. The molecular weight excluding hydrogens is 352 g/mol. The number of aryl methyl sites for hydroxylation is 2. The molecule has 0 fully saturated rings. The van der Waals surface area contributed by atoms with Crippen LogP contribution in [0.3, 0.4) is 0 Å². The number of methoxy groups -OCH3 is 2. The Labute approximate surface area is 139 Å². The average Bonchev–Trinajstić information content (AvgIpc) is 2.48. The highest BCUT2D eigenvalue weighted by molar-refractivity contribution is 9.09. The van der Waals surface area contributed by atoms with Crippen LogP contribution in [0.4, 0.5) is 0 Å². The number of hydrogen-bond donors (Lipinski definition) is 0. The summed E-state index contributed by atoms with van der Waals surface area (Å²) in [5.74, 6) is 1.30. The Morgan fingerprint density at radius 3 is 2.19 bits per heavy atom. The Balaban J connectivity index is 2.52. The van der Waals surface area contributed by atoms with Crippen molar-refractivity contribution in [2.24, 2.45) is 0 Å². The van der Waals surface area contributed by atoms with Gasteiger partial charge in [0.05, 0.1) is 19.0 Å². The molecular formula is C17H18BrClO2. The van der Waals surface area contributed by atoms with E-state index >= 15 is 0 Å². The molecule has 0 saturated carbocycles. The molecule has 0 radical (unpaired) electrons. The van der Waals surface area contributed by atoms with Crippen molar-refractivity contribution in [3.63, 3.8) is 0 Å². The third-order valence-electron chi connectivity index (χ3n) is 3.48. The molecule has 0 aliphatic heterocycles. The van der Waals surface area contributed by atoms with E-state index in [1.807, 2.05) is 6.07 Å². The minimum absolute atomic E-state index is 0.00436. The zero-order chi connectivity index (χ0) is 15.6. The maximum absolute atomic E-state index is 6.41. The third-order valence-corrected chi connectivity index (χ3v) is 4.80. The number of ether oxygens (including phenoxy) is 2. The van der Waals surface area contributed by atoms with E-state index in [1.165, 1.54) is 16.7 Å². The highest BCUT2D eigenvalue weighted by Crippen LogP contribution is 2.42. The van der Waals surface area contributed by atoms with E-state index in [0.29, 0.717) is 16.5 Å². The minimum Gasteiger partial charge on any atom is -0.493 e. The maximum atomic E-state index is 6.41.